The highest BCUT2D eigenvalue weighted by molar-refractivity contribution is 7.98. The Kier molecular flexibility index (Phi) is 2.61. The van der Waals surface area contributed by atoms with E-state index in [0.717, 1.165) is 0 Å². The Morgan fingerprint density at radius 3 is 2.08 bits per heavy atom. The minimum Gasteiger partial charge on any atom is -0.443 e. The van der Waals surface area contributed by atoms with Crippen LogP contribution in [-0.4, -0.2) is 23.2 Å². The van der Waals surface area contributed by atoms with Crippen molar-refractivity contribution in [3.8, 4) is 0 Å². The molecule has 1 heterocycles. The van der Waals surface area contributed by atoms with Gasteiger partial charge in [-0.2, -0.15) is 0 Å². The van der Waals surface area contributed by atoms with E-state index in [2.05, 4.69) is 9.97 Å². The molecule has 0 spiro atoms. The molecule has 0 fully saturated rings. The number of nitrogens with zero attached hydrogens (tertiary/aromatic N) is 2. The summed E-state index contributed by atoms with van der Waals surface area (Å²) in [5.74, 6) is 0. The molecular formula is C5H5BF3N2S-. The van der Waals surface area contributed by atoms with Crippen molar-refractivity contribution < 1.29 is 12.9 Å². The Hall–Kier alpha value is -0.715. The van der Waals surface area contributed by atoms with E-state index in [4.69, 9.17) is 0 Å². The molecule has 0 aromatic carbocycles. The van der Waals surface area contributed by atoms with E-state index < -0.39 is 12.7 Å². The van der Waals surface area contributed by atoms with Gasteiger partial charge in [0.15, 0.2) is 0 Å². The number of halogens is 3. The second-order valence-electron chi connectivity index (χ2n) is 2.06. The van der Waals surface area contributed by atoms with Gasteiger partial charge >= 0.3 is 6.98 Å². The fourth-order valence-electron chi connectivity index (χ4n) is 0.601. The van der Waals surface area contributed by atoms with Crippen molar-refractivity contribution in [3.05, 3.63) is 12.4 Å². The van der Waals surface area contributed by atoms with Crippen molar-refractivity contribution in [1.29, 1.82) is 0 Å². The average Bonchev–Trinajstić information content (AvgIpc) is 2.03. The minimum atomic E-state index is -5.06. The van der Waals surface area contributed by atoms with Crippen LogP contribution in [0.4, 0.5) is 12.9 Å². The maximum atomic E-state index is 12.0. The number of rotatable bonds is 2. The van der Waals surface area contributed by atoms with Gasteiger partial charge < -0.3 is 12.9 Å². The molecule has 1 aromatic rings. The lowest BCUT2D eigenvalue weighted by Crippen LogP contribution is -2.39. The van der Waals surface area contributed by atoms with Gasteiger partial charge in [-0.15, -0.1) is 11.8 Å². The van der Waals surface area contributed by atoms with E-state index in [1.807, 2.05) is 0 Å². The number of thioether (sulfide) groups is 1. The highest BCUT2D eigenvalue weighted by Crippen LogP contribution is 2.11. The van der Waals surface area contributed by atoms with Crippen molar-refractivity contribution in [2.24, 2.45) is 0 Å². The van der Waals surface area contributed by atoms with Gasteiger partial charge in [0.1, 0.15) is 0 Å². The molecule has 66 valence electrons. The van der Waals surface area contributed by atoms with Gasteiger partial charge in [0.25, 0.3) is 0 Å². The van der Waals surface area contributed by atoms with Crippen LogP contribution in [0.25, 0.3) is 0 Å². The van der Waals surface area contributed by atoms with Crippen molar-refractivity contribution >= 4 is 24.5 Å². The van der Waals surface area contributed by atoms with Gasteiger partial charge in [-0.1, -0.05) is 0 Å². The molecule has 2 nitrogen and oxygen atoms in total. The molecule has 0 saturated carbocycles. The van der Waals surface area contributed by atoms with E-state index in [1.165, 1.54) is 24.2 Å². The molecule has 0 atom stereocenters. The Morgan fingerprint density at radius 2 is 1.75 bits per heavy atom. The second-order valence-corrected chi connectivity index (χ2v) is 2.94. The van der Waals surface area contributed by atoms with Crippen LogP contribution in [0.2, 0.25) is 0 Å². The Morgan fingerprint density at radius 1 is 1.25 bits per heavy atom. The first-order chi connectivity index (χ1) is 5.54. The largest absolute Gasteiger partial charge is 0.546 e. The number of hydrogen-bond acceptors (Lipinski definition) is 3. The molecule has 0 unspecified atom stereocenters. The van der Waals surface area contributed by atoms with Gasteiger partial charge in [-0.25, -0.2) is 0 Å². The average molecular weight is 193 g/mol. The van der Waals surface area contributed by atoms with Gasteiger partial charge in [0.2, 0.25) is 0 Å². The Labute approximate surface area is 71.7 Å². The summed E-state index contributed by atoms with van der Waals surface area (Å²) in [5.41, 5.74) is -1.03. The summed E-state index contributed by atoms with van der Waals surface area (Å²) in [6.45, 7) is -5.06. The zero-order chi connectivity index (χ0) is 9.19. The number of aromatic nitrogens is 2. The van der Waals surface area contributed by atoms with E-state index >= 15 is 0 Å². The van der Waals surface area contributed by atoms with E-state index in [9.17, 15) is 12.9 Å². The molecule has 0 amide bonds. The molecule has 0 aliphatic heterocycles. The summed E-state index contributed by atoms with van der Waals surface area (Å²) in [4.78, 5) is 7.01. The molecule has 7 heteroatoms. The molecule has 0 N–H and O–H groups in total. The predicted octanol–water partition coefficient (Wildman–Crippen LogP) is 1.25. The third-order valence-electron chi connectivity index (χ3n) is 1.18. The fraction of sp³-hybridized carbons (Fsp3) is 0.200. The predicted molar refractivity (Wildman–Crippen MR) is 42.5 cm³/mol. The summed E-state index contributed by atoms with van der Waals surface area (Å²) in [6.07, 6.45) is 4.08. The fourth-order valence-corrected chi connectivity index (χ4v) is 0.917. The van der Waals surface area contributed by atoms with E-state index in [1.54, 1.807) is 6.26 Å². The maximum Gasteiger partial charge on any atom is 0.546 e. The molecular weight excluding hydrogens is 188 g/mol. The van der Waals surface area contributed by atoms with Crippen molar-refractivity contribution in [1.82, 2.24) is 9.97 Å². The van der Waals surface area contributed by atoms with Crippen LogP contribution in [0.1, 0.15) is 0 Å². The first-order valence-corrected chi connectivity index (χ1v) is 4.32. The summed E-state index contributed by atoms with van der Waals surface area (Å²) >= 11 is 1.30. The topological polar surface area (TPSA) is 25.8 Å². The normalized spacial score (nSPS) is 11.7. The zero-order valence-electron chi connectivity index (χ0n) is 6.17. The Bertz CT molecular complexity index is 260. The third-order valence-corrected chi connectivity index (χ3v) is 1.86. The van der Waals surface area contributed by atoms with Gasteiger partial charge in [0.05, 0.1) is 5.72 Å². The van der Waals surface area contributed by atoms with Gasteiger partial charge in [-0.05, 0) is 6.26 Å². The minimum absolute atomic E-state index is 0.624. The van der Waals surface area contributed by atoms with E-state index in [-0.39, 0.29) is 0 Å². The van der Waals surface area contributed by atoms with Crippen molar-refractivity contribution in [3.63, 3.8) is 0 Å². The molecule has 0 radical (unpaired) electrons. The summed E-state index contributed by atoms with van der Waals surface area (Å²) < 4.78 is 35.9. The molecule has 1 rings (SSSR count). The second kappa shape index (κ2) is 3.34. The van der Waals surface area contributed by atoms with Crippen LogP contribution < -0.4 is 5.72 Å². The maximum absolute atomic E-state index is 12.0. The first kappa shape index (κ1) is 9.37. The SMILES string of the molecule is CSc1cnc([B-](F)(F)F)nc1. The molecule has 1 aromatic heterocycles. The third kappa shape index (κ3) is 2.13. The van der Waals surface area contributed by atoms with Crippen molar-refractivity contribution in [2.45, 2.75) is 4.90 Å². The summed E-state index contributed by atoms with van der Waals surface area (Å²) in [6, 6.07) is 0. The molecule has 12 heavy (non-hydrogen) atoms. The van der Waals surface area contributed by atoms with Gasteiger partial charge in [0, 0.05) is 17.3 Å². The van der Waals surface area contributed by atoms with E-state index in [0.29, 0.717) is 4.90 Å². The standard InChI is InChI=1S/C5H5BF3N2S/c1-12-4-2-10-5(11-3-4)6(7,8)9/h2-3H,1H3/q-1. The van der Waals surface area contributed by atoms with Crippen LogP contribution in [0.5, 0.6) is 0 Å². The quantitative estimate of drug-likeness (QED) is 0.522. The van der Waals surface area contributed by atoms with Gasteiger partial charge in [-0.3, -0.25) is 9.97 Å². The Balaban J connectivity index is 2.93. The lowest BCUT2D eigenvalue weighted by Gasteiger charge is -2.11. The molecule has 0 aliphatic rings. The van der Waals surface area contributed by atoms with Crippen LogP contribution in [0.3, 0.4) is 0 Å². The lowest BCUT2D eigenvalue weighted by molar-refractivity contribution is 0.495. The first-order valence-electron chi connectivity index (χ1n) is 3.10. The molecule has 0 bridgehead atoms. The highest BCUT2D eigenvalue weighted by Gasteiger charge is 2.29. The van der Waals surface area contributed by atoms with Crippen LogP contribution >= 0.6 is 11.8 Å². The van der Waals surface area contributed by atoms with Crippen LogP contribution in [0.15, 0.2) is 17.3 Å². The number of hydrogen-bond donors (Lipinski definition) is 0. The smallest absolute Gasteiger partial charge is 0.443 e. The van der Waals surface area contributed by atoms with Crippen LogP contribution in [0, 0.1) is 0 Å². The zero-order valence-corrected chi connectivity index (χ0v) is 6.99. The summed E-state index contributed by atoms with van der Waals surface area (Å²) in [7, 11) is 0. The highest BCUT2D eigenvalue weighted by atomic mass is 32.2. The molecule has 0 aliphatic carbocycles. The van der Waals surface area contributed by atoms with Crippen LogP contribution in [-0.2, 0) is 0 Å². The lowest BCUT2D eigenvalue weighted by atomic mass is 9.91. The van der Waals surface area contributed by atoms with Crippen molar-refractivity contribution in [2.75, 3.05) is 6.26 Å². The molecule has 0 saturated heterocycles. The summed E-state index contributed by atoms with van der Waals surface area (Å²) in [5, 5.41) is 0. The monoisotopic (exact) mass is 193 g/mol.